The van der Waals surface area contributed by atoms with Gasteiger partial charge in [-0.3, -0.25) is 4.79 Å². The number of fused-ring (bicyclic) bond motifs is 1. The molecule has 1 N–H and O–H groups in total. The number of hydrogen-bond donors (Lipinski definition) is 1. The first-order valence-electron chi connectivity index (χ1n) is 7.48. The number of nitriles is 1. The zero-order chi connectivity index (χ0) is 15.7. The molecule has 0 spiro atoms. The summed E-state index contributed by atoms with van der Waals surface area (Å²) in [7, 11) is 1.98. The predicted molar refractivity (Wildman–Crippen MR) is 79.3 cm³/mol. The molecule has 0 aliphatic carbocycles. The maximum Gasteiger partial charge on any atom is 0.311 e. The lowest BCUT2D eigenvalue weighted by Crippen LogP contribution is -2.63. The molecule has 2 aliphatic heterocycles. The quantitative estimate of drug-likeness (QED) is 0.860. The van der Waals surface area contributed by atoms with Gasteiger partial charge in [0.05, 0.1) is 5.41 Å². The summed E-state index contributed by atoms with van der Waals surface area (Å²) in [5.74, 6) is -0.147. The summed E-state index contributed by atoms with van der Waals surface area (Å²) in [5.41, 5.74) is -0.387. The number of carboxylic acid groups (broad SMARTS) is 1. The van der Waals surface area contributed by atoms with Gasteiger partial charge in [-0.2, -0.15) is 5.26 Å². The monoisotopic (exact) mass is 301 g/mol. The van der Waals surface area contributed by atoms with Crippen LogP contribution in [0.4, 0.5) is 5.82 Å². The van der Waals surface area contributed by atoms with E-state index in [0.717, 1.165) is 19.4 Å². The first-order chi connectivity index (χ1) is 10.6. The van der Waals surface area contributed by atoms with Crippen molar-refractivity contribution in [3.8, 4) is 6.07 Å². The Morgan fingerprint density at radius 3 is 2.91 bits per heavy atom. The number of piperidine rings is 2. The van der Waals surface area contributed by atoms with Crippen molar-refractivity contribution in [3.63, 3.8) is 0 Å². The lowest BCUT2D eigenvalue weighted by molar-refractivity contribution is -0.158. The van der Waals surface area contributed by atoms with Crippen LogP contribution in [0.2, 0.25) is 0 Å². The topological polar surface area (TPSA) is 93.3 Å². The molecule has 1 aromatic heterocycles. The first-order valence-corrected chi connectivity index (χ1v) is 7.48. The van der Waals surface area contributed by atoms with Gasteiger partial charge in [0, 0.05) is 31.5 Å². The van der Waals surface area contributed by atoms with E-state index < -0.39 is 11.4 Å². The van der Waals surface area contributed by atoms with E-state index in [0.29, 0.717) is 31.0 Å². The van der Waals surface area contributed by atoms with Gasteiger partial charge < -0.3 is 14.9 Å². The molecule has 3 heterocycles. The molecule has 0 aromatic carbocycles. The summed E-state index contributed by atoms with van der Waals surface area (Å²) in [6, 6.07) is 1.99. The van der Waals surface area contributed by atoms with Crippen LogP contribution in [0.15, 0.2) is 12.4 Å². The minimum absolute atomic E-state index is 0.0685. The van der Waals surface area contributed by atoms with Gasteiger partial charge in [-0.25, -0.2) is 9.97 Å². The van der Waals surface area contributed by atoms with E-state index >= 15 is 0 Å². The molecule has 2 saturated heterocycles. The Morgan fingerprint density at radius 2 is 2.18 bits per heavy atom. The number of rotatable bonds is 2. The molecule has 2 atom stereocenters. The third-order valence-electron chi connectivity index (χ3n) is 5.04. The third kappa shape index (κ3) is 2.20. The Hall–Kier alpha value is -2.20. The second kappa shape index (κ2) is 5.54. The van der Waals surface area contributed by atoms with Gasteiger partial charge >= 0.3 is 5.97 Å². The first kappa shape index (κ1) is 14.7. The van der Waals surface area contributed by atoms with Crippen molar-refractivity contribution in [1.82, 2.24) is 14.9 Å². The van der Waals surface area contributed by atoms with Crippen LogP contribution in [0.25, 0.3) is 0 Å². The smallest absolute Gasteiger partial charge is 0.311 e. The van der Waals surface area contributed by atoms with Crippen LogP contribution in [0, 0.1) is 16.7 Å². The molecule has 0 unspecified atom stereocenters. The van der Waals surface area contributed by atoms with Gasteiger partial charge in [0.15, 0.2) is 11.5 Å². The molecule has 0 bridgehead atoms. The Morgan fingerprint density at radius 1 is 1.41 bits per heavy atom. The van der Waals surface area contributed by atoms with E-state index in [1.807, 2.05) is 11.9 Å². The van der Waals surface area contributed by atoms with Crippen LogP contribution in [-0.2, 0) is 4.79 Å². The Kier molecular flexibility index (Phi) is 3.71. The minimum atomic E-state index is -0.705. The van der Waals surface area contributed by atoms with Crippen molar-refractivity contribution in [2.45, 2.75) is 25.3 Å². The van der Waals surface area contributed by atoms with Crippen molar-refractivity contribution in [2.75, 3.05) is 31.6 Å². The fourth-order valence-corrected chi connectivity index (χ4v) is 3.82. The van der Waals surface area contributed by atoms with Crippen LogP contribution in [0.1, 0.15) is 25.0 Å². The standard InChI is InChI=1S/C15H19N5O2/c1-19-7-2-3-15(14(21)22)4-8-20(10-12(15)19)13-11(9-16)17-5-6-18-13/h5-6,12H,2-4,7-8,10H2,1H3,(H,21,22)/t12-,15+/m1/s1. The number of anilines is 1. The number of likely N-dealkylation sites (N-methyl/N-ethyl adjacent to an activating group) is 1. The lowest BCUT2D eigenvalue weighted by atomic mass is 9.68. The molecular formula is C15H19N5O2. The zero-order valence-corrected chi connectivity index (χ0v) is 12.6. The van der Waals surface area contributed by atoms with Crippen molar-refractivity contribution in [2.24, 2.45) is 5.41 Å². The molecule has 2 fully saturated rings. The number of aliphatic carboxylic acids is 1. The van der Waals surface area contributed by atoms with Crippen LogP contribution in [0.3, 0.4) is 0 Å². The fourth-order valence-electron chi connectivity index (χ4n) is 3.82. The van der Waals surface area contributed by atoms with Crippen molar-refractivity contribution in [1.29, 1.82) is 5.26 Å². The molecule has 2 aliphatic rings. The van der Waals surface area contributed by atoms with E-state index in [2.05, 4.69) is 20.9 Å². The van der Waals surface area contributed by atoms with Crippen LogP contribution < -0.4 is 4.90 Å². The normalized spacial score (nSPS) is 28.7. The maximum absolute atomic E-state index is 11.9. The van der Waals surface area contributed by atoms with Gasteiger partial charge in [-0.05, 0) is 32.9 Å². The van der Waals surface area contributed by atoms with Crippen molar-refractivity contribution >= 4 is 11.8 Å². The molecule has 7 nitrogen and oxygen atoms in total. The molecule has 0 radical (unpaired) electrons. The molecule has 0 amide bonds. The van der Waals surface area contributed by atoms with E-state index in [9.17, 15) is 15.2 Å². The summed E-state index contributed by atoms with van der Waals surface area (Å²) in [6.07, 6.45) is 5.27. The van der Waals surface area contributed by atoms with E-state index in [-0.39, 0.29) is 6.04 Å². The van der Waals surface area contributed by atoms with Gasteiger partial charge in [0.1, 0.15) is 6.07 Å². The van der Waals surface area contributed by atoms with Gasteiger partial charge in [0.2, 0.25) is 0 Å². The van der Waals surface area contributed by atoms with E-state index in [4.69, 9.17) is 0 Å². The summed E-state index contributed by atoms with van der Waals surface area (Å²) < 4.78 is 0. The lowest BCUT2D eigenvalue weighted by Gasteiger charge is -2.52. The van der Waals surface area contributed by atoms with E-state index in [1.165, 1.54) is 6.20 Å². The largest absolute Gasteiger partial charge is 0.481 e. The second-order valence-electron chi connectivity index (χ2n) is 6.10. The number of aromatic nitrogens is 2. The Balaban J connectivity index is 1.92. The highest BCUT2D eigenvalue weighted by Crippen LogP contribution is 2.43. The highest BCUT2D eigenvalue weighted by molar-refractivity contribution is 5.76. The van der Waals surface area contributed by atoms with Gasteiger partial charge in [-0.15, -0.1) is 0 Å². The number of likely N-dealkylation sites (tertiary alicyclic amines) is 1. The Bertz CT molecular complexity index is 629. The highest BCUT2D eigenvalue weighted by atomic mass is 16.4. The summed E-state index contributed by atoms with van der Waals surface area (Å²) >= 11 is 0. The third-order valence-corrected chi connectivity index (χ3v) is 5.04. The number of carbonyl (C=O) groups is 1. The van der Waals surface area contributed by atoms with Crippen LogP contribution >= 0.6 is 0 Å². The number of nitrogens with zero attached hydrogens (tertiary/aromatic N) is 5. The molecule has 7 heteroatoms. The molecule has 22 heavy (non-hydrogen) atoms. The second-order valence-corrected chi connectivity index (χ2v) is 6.10. The average molecular weight is 301 g/mol. The SMILES string of the molecule is CN1CCC[C@]2(C(=O)O)CCN(c3nccnc3C#N)C[C@@H]12. The van der Waals surface area contributed by atoms with Crippen molar-refractivity contribution in [3.05, 3.63) is 18.1 Å². The molecular weight excluding hydrogens is 282 g/mol. The van der Waals surface area contributed by atoms with Crippen LogP contribution in [-0.4, -0.2) is 58.7 Å². The van der Waals surface area contributed by atoms with Crippen LogP contribution in [0.5, 0.6) is 0 Å². The van der Waals surface area contributed by atoms with Gasteiger partial charge in [-0.1, -0.05) is 0 Å². The van der Waals surface area contributed by atoms with Gasteiger partial charge in [0.25, 0.3) is 0 Å². The summed E-state index contributed by atoms with van der Waals surface area (Å²) in [6.45, 7) is 2.05. The summed E-state index contributed by atoms with van der Waals surface area (Å²) in [5, 5.41) is 19.0. The molecule has 3 rings (SSSR count). The summed E-state index contributed by atoms with van der Waals surface area (Å²) in [4.78, 5) is 24.4. The number of hydrogen-bond acceptors (Lipinski definition) is 6. The average Bonchev–Trinajstić information content (AvgIpc) is 2.54. The molecule has 116 valence electrons. The predicted octanol–water partition coefficient (Wildman–Crippen LogP) is 0.724. The zero-order valence-electron chi connectivity index (χ0n) is 12.6. The Labute approximate surface area is 129 Å². The minimum Gasteiger partial charge on any atom is -0.481 e. The molecule has 1 aromatic rings. The molecule has 0 saturated carbocycles. The van der Waals surface area contributed by atoms with Crippen molar-refractivity contribution < 1.29 is 9.90 Å². The highest BCUT2D eigenvalue weighted by Gasteiger charge is 2.52. The number of carboxylic acids is 1. The van der Waals surface area contributed by atoms with E-state index in [1.54, 1.807) is 6.20 Å². The fraction of sp³-hybridized carbons (Fsp3) is 0.600. The maximum atomic E-state index is 11.9.